The van der Waals surface area contributed by atoms with Crippen LogP contribution in [-0.2, 0) is 14.3 Å². The number of hydrogen-bond acceptors (Lipinski definition) is 5. The molecule has 470 valence electrons. The highest BCUT2D eigenvalue weighted by Crippen LogP contribution is 2.19. The van der Waals surface area contributed by atoms with Gasteiger partial charge in [0.15, 0.2) is 0 Å². The summed E-state index contributed by atoms with van der Waals surface area (Å²) < 4.78 is 5.52. The van der Waals surface area contributed by atoms with Crippen LogP contribution >= 0.6 is 0 Å². The van der Waals surface area contributed by atoms with Gasteiger partial charge in [-0.2, -0.15) is 0 Å². The maximum atomic E-state index is 12.5. The highest BCUT2D eigenvalue weighted by Gasteiger charge is 2.18. The molecule has 0 fully saturated rings. The Morgan fingerprint density at radius 2 is 0.582 bits per heavy atom. The average molecular weight is 1110 g/mol. The summed E-state index contributed by atoms with van der Waals surface area (Å²) in [5.41, 5.74) is 0. The highest BCUT2D eigenvalue weighted by atomic mass is 16.5. The van der Waals surface area contributed by atoms with Crippen LogP contribution in [0.1, 0.15) is 418 Å². The molecule has 0 aromatic heterocycles. The number of unbranched alkanes of at least 4 members (excludes halogenated alkanes) is 58. The van der Waals surface area contributed by atoms with Gasteiger partial charge in [-0.3, -0.25) is 9.59 Å². The molecule has 0 saturated carbocycles. The Morgan fingerprint density at radius 1 is 0.342 bits per heavy atom. The molecule has 0 heterocycles. The third-order valence-corrected chi connectivity index (χ3v) is 17.3. The number of hydrogen-bond donors (Lipinski definition) is 3. The Balaban J connectivity index is 3.31. The number of ether oxygens (including phenoxy) is 1. The maximum absolute atomic E-state index is 12.5. The Hall–Kier alpha value is -1.40. The van der Waals surface area contributed by atoms with Crippen LogP contribution in [-0.4, -0.2) is 47.4 Å². The zero-order chi connectivity index (χ0) is 57.1. The average Bonchev–Trinajstić information content (AvgIpc) is 3.45. The van der Waals surface area contributed by atoms with Crippen LogP contribution in [0.5, 0.6) is 0 Å². The topological polar surface area (TPSA) is 95.9 Å². The first kappa shape index (κ1) is 77.6. The lowest BCUT2D eigenvalue weighted by atomic mass is 10.0. The predicted molar refractivity (Wildman–Crippen MR) is 347 cm³/mol. The number of carbonyl (C=O) groups is 2. The Morgan fingerprint density at radius 3 is 0.861 bits per heavy atom. The van der Waals surface area contributed by atoms with E-state index in [9.17, 15) is 19.8 Å². The molecule has 0 bridgehead atoms. The maximum Gasteiger partial charge on any atom is 0.305 e. The van der Waals surface area contributed by atoms with Crippen molar-refractivity contribution in [2.45, 2.75) is 431 Å². The smallest absolute Gasteiger partial charge is 0.305 e. The van der Waals surface area contributed by atoms with Gasteiger partial charge in [0.2, 0.25) is 5.91 Å². The molecular weight excluding hydrogens is 971 g/mol. The molecule has 2 unspecified atom stereocenters. The van der Waals surface area contributed by atoms with Gasteiger partial charge in [-0.15, -0.1) is 0 Å². The van der Waals surface area contributed by atoms with Crippen molar-refractivity contribution in [1.82, 2.24) is 5.32 Å². The quantitative estimate of drug-likeness (QED) is 0.0320. The minimum Gasteiger partial charge on any atom is -0.466 e. The van der Waals surface area contributed by atoms with Gasteiger partial charge >= 0.3 is 5.97 Å². The fraction of sp³-hybridized carbons (Fsp3) is 0.945. The SMILES string of the molecule is CCCCCCCCCCCCCC/C=C/C(O)C(CO)NC(=O)CCCCCCCCCCCCCCCCCCCCCCCCCCCCCCCCOC(=O)CCCCCCCCCCCCCCCCCCCC. The van der Waals surface area contributed by atoms with Crippen LogP contribution in [0, 0.1) is 0 Å². The minimum atomic E-state index is -0.840. The van der Waals surface area contributed by atoms with Crippen molar-refractivity contribution in [2.75, 3.05) is 13.2 Å². The van der Waals surface area contributed by atoms with E-state index in [0.717, 1.165) is 38.5 Å². The largest absolute Gasteiger partial charge is 0.466 e. The number of aliphatic hydroxyl groups is 2. The van der Waals surface area contributed by atoms with Gasteiger partial charge in [-0.1, -0.05) is 386 Å². The third-order valence-electron chi connectivity index (χ3n) is 17.3. The number of nitrogens with one attached hydrogen (secondary N) is 1. The minimum absolute atomic E-state index is 0.0252. The summed E-state index contributed by atoms with van der Waals surface area (Å²) in [7, 11) is 0. The van der Waals surface area contributed by atoms with Gasteiger partial charge in [0.25, 0.3) is 0 Å². The van der Waals surface area contributed by atoms with Gasteiger partial charge in [0.1, 0.15) is 0 Å². The highest BCUT2D eigenvalue weighted by molar-refractivity contribution is 5.76. The van der Waals surface area contributed by atoms with Gasteiger partial charge in [0, 0.05) is 12.8 Å². The molecule has 0 aliphatic heterocycles. The molecule has 0 aromatic carbocycles. The van der Waals surface area contributed by atoms with Crippen LogP contribution < -0.4 is 5.32 Å². The fourth-order valence-electron chi connectivity index (χ4n) is 11.8. The van der Waals surface area contributed by atoms with Crippen molar-refractivity contribution < 1.29 is 24.5 Å². The summed E-state index contributed by atoms with van der Waals surface area (Å²) in [4.78, 5) is 24.6. The van der Waals surface area contributed by atoms with Crippen LogP contribution in [0.2, 0.25) is 0 Å². The summed E-state index contributed by atoms with van der Waals surface area (Å²) in [5, 5.41) is 23.1. The van der Waals surface area contributed by atoms with E-state index >= 15 is 0 Å². The van der Waals surface area contributed by atoms with Crippen molar-refractivity contribution >= 4 is 11.9 Å². The molecule has 79 heavy (non-hydrogen) atoms. The van der Waals surface area contributed by atoms with Crippen molar-refractivity contribution in [2.24, 2.45) is 0 Å². The number of amides is 1. The molecule has 0 radical (unpaired) electrons. The molecule has 0 aromatic rings. The molecule has 0 rings (SSSR count). The molecule has 0 spiro atoms. The predicted octanol–water partition coefficient (Wildman–Crippen LogP) is 23.5. The molecule has 6 nitrogen and oxygen atoms in total. The van der Waals surface area contributed by atoms with Gasteiger partial charge in [-0.05, 0) is 32.1 Å². The second kappa shape index (κ2) is 69.1. The first-order chi connectivity index (χ1) is 39.0. The summed E-state index contributed by atoms with van der Waals surface area (Å²) in [6.07, 6.45) is 86.0. The number of rotatable bonds is 69. The van der Waals surface area contributed by atoms with E-state index < -0.39 is 12.1 Å². The molecule has 0 aliphatic carbocycles. The van der Waals surface area contributed by atoms with E-state index in [2.05, 4.69) is 19.2 Å². The van der Waals surface area contributed by atoms with Crippen LogP contribution in [0.15, 0.2) is 12.2 Å². The Bertz CT molecular complexity index is 1190. The number of esters is 1. The normalized spacial score (nSPS) is 12.5. The molecule has 0 saturated heterocycles. The fourth-order valence-corrected chi connectivity index (χ4v) is 11.8. The summed E-state index contributed by atoms with van der Waals surface area (Å²) in [6, 6.07) is -0.624. The first-order valence-corrected chi connectivity index (χ1v) is 36.5. The lowest BCUT2D eigenvalue weighted by Gasteiger charge is -2.20. The zero-order valence-corrected chi connectivity index (χ0v) is 53.9. The molecule has 3 N–H and O–H groups in total. The summed E-state index contributed by atoms with van der Waals surface area (Å²) in [6.45, 7) is 4.95. The van der Waals surface area contributed by atoms with E-state index in [1.165, 1.54) is 353 Å². The lowest BCUT2D eigenvalue weighted by Crippen LogP contribution is -2.45. The van der Waals surface area contributed by atoms with Crippen molar-refractivity contribution in [3.8, 4) is 0 Å². The van der Waals surface area contributed by atoms with Crippen LogP contribution in [0.4, 0.5) is 0 Å². The third kappa shape index (κ3) is 65.6. The molecule has 6 heteroatoms. The van der Waals surface area contributed by atoms with Crippen LogP contribution in [0.25, 0.3) is 0 Å². The Labute approximate surface area is 495 Å². The summed E-state index contributed by atoms with van der Waals surface area (Å²) >= 11 is 0. The molecular formula is C73H143NO5. The summed E-state index contributed by atoms with van der Waals surface area (Å²) in [5.74, 6) is -0.0362. The second-order valence-electron chi connectivity index (χ2n) is 25.3. The monoisotopic (exact) mass is 1110 g/mol. The van der Waals surface area contributed by atoms with E-state index in [0.29, 0.717) is 19.4 Å². The second-order valence-corrected chi connectivity index (χ2v) is 25.3. The standard InChI is InChI=1S/C73H143NO5/c1-3-5-7-9-11-13-15-17-19-20-36-39-43-47-51-55-59-63-67-73(78)79-68-64-60-56-52-48-44-40-37-34-32-30-28-26-24-22-21-23-25-27-29-31-33-35-38-42-46-50-54-58-62-66-72(77)74-70(69-75)71(76)65-61-57-53-49-45-41-18-16-14-12-10-8-6-4-2/h61,65,70-71,75-76H,3-60,62-64,66-69H2,1-2H3,(H,74,77)/b65-61+. The van der Waals surface area contributed by atoms with E-state index in [1.807, 2.05) is 6.08 Å². The van der Waals surface area contributed by atoms with Crippen molar-refractivity contribution in [1.29, 1.82) is 0 Å². The van der Waals surface area contributed by atoms with Crippen molar-refractivity contribution in [3.05, 3.63) is 12.2 Å². The Kier molecular flexibility index (Phi) is 67.9. The molecule has 1 amide bonds. The van der Waals surface area contributed by atoms with E-state index in [1.54, 1.807) is 6.08 Å². The number of carbonyl (C=O) groups excluding carboxylic acids is 2. The molecule has 0 aliphatic rings. The zero-order valence-electron chi connectivity index (χ0n) is 53.9. The number of allylic oxidation sites excluding steroid dienone is 1. The van der Waals surface area contributed by atoms with Gasteiger partial charge < -0.3 is 20.3 Å². The van der Waals surface area contributed by atoms with Crippen molar-refractivity contribution in [3.63, 3.8) is 0 Å². The number of aliphatic hydroxyl groups excluding tert-OH is 2. The van der Waals surface area contributed by atoms with E-state index in [-0.39, 0.29) is 18.5 Å². The van der Waals surface area contributed by atoms with E-state index in [4.69, 9.17) is 4.74 Å². The van der Waals surface area contributed by atoms with Gasteiger partial charge in [0.05, 0.1) is 25.4 Å². The van der Waals surface area contributed by atoms with Gasteiger partial charge in [-0.25, -0.2) is 0 Å². The lowest BCUT2D eigenvalue weighted by molar-refractivity contribution is -0.143. The molecule has 2 atom stereocenters. The first-order valence-electron chi connectivity index (χ1n) is 36.5. The van der Waals surface area contributed by atoms with Crippen LogP contribution in [0.3, 0.4) is 0 Å².